The van der Waals surface area contributed by atoms with Crippen LogP contribution in [0.3, 0.4) is 0 Å². The summed E-state index contributed by atoms with van der Waals surface area (Å²) in [5.74, 6) is 0.368. The van der Waals surface area contributed by atoms with Crippen molar-refractivity contribution >= 4 is 12.2 Å². The number of furan rings is 1. The Hall–Kier alpha value is -2.72. The van der Waals surface area contributed by atoms with E-state index in [1.54, 1.807) is 36.4 Å². The molecular formula is C20H21NO8. The Morgan fingerprint density at radius 1 is 1.24 bits per heavy atom. The second kappa shape index (κ2) is 8.34. The number of hydrogen-bond acceptors (Lipinski definition) is 8. The molecule has 0 aliphatic carbocycles. The van der Waals surface area contributed by atoms with Crippen molar-refractivity contribution in [2.45, 2.75) is 43.9 Å². The first-order valence-electron chi connectivity index (χ1n) is 9.19. The summed E-state index contributed by atoms with van der Waals surface area (Å²) in [6.45, 7) is 1.45. The van der Waals surface area contributed by atoms with E-state index >= 15 is 0 Å². The molecule has 1 aromatic heterocycles. The molecule has 0 saturated carbocycles. The average Bonchev–Trinajstić information content (AvgIpc) is 3.26. The summed E-state index contributed by atoms with van der Waals surface area (Å²) in [7, 11) is 0. The number of carbonyl (C=O) groups is 2. The zero-order valence-electron chi connectivity index (χ0n) is 15.6. The van der Waals surface area contributed by atoms with Gasteiger partial charge in [0.25, 0.3) is 0 Å². The van der Waals surface area contributed by atoms with E-state index < -0.39 is 36.9 Å². The van der Waals surface area contributed by atoms with Crippen LogP contribution in [0, 0.1) is 0 Å². The van der Waals surface area contributed by atoms with E-state index in [4.69, 9.17) is 23.4 Å². The first-order chi connectivity index (χ1) is 14.1. The summed E-state index contributed by atoms with van der Waals surface area (Å²) >= 11 is 0. The standard InChI is InChI=1S/C20H21NO8/c1-11(23)21-16-17(24)18-15(10-26-19(29-18)14-7-4-8-25-14)28-20(16)27-13-6-3-2-5-12(13)9-22/h2-9,15-20,24H,10H2,1H3,(H,21,23). The van der Waals surface area contributed by atoms with E-state index in [0.29, 0.717) is 17.6 Å². The number of benzene rings is 1. The van der Waals surface area contributed by atoms with E-state index in [1.165, 1.54) is 13.2 Å². The van der Waals surface area contributed by atoms with Gasteiger partial charge in [-0.15, -0.1) is 0 Å². The minimum Gasteiger partial charge on any atom is -0.464 e. The van der Waals surface area contributed by atoms with Gasteiger partial charge in [-0.3, -0.25) is 9.59 Å². The number of fused-ring (bicyclic) bond motifs is 1. The third-order valence-electron chi connectivity index (χ3n) is 4.80. The van der Waals surface area contributed by atoms with Gasteiger partial charge in [0.1, 0.15) is 30.1 Å². The van der Waals surface area contributed by atoms with Crippen molar-refractivity contribution in [2.24, 2.45) is 0 Å². The number of hydrogen-bond donors (Lipinski definition) is 2. The minimum atomic E-state index is -1.15. The van der Waals surface area contributed by atoms with Crippen molar-refractivity contribution in [2.75, 3.05) is 6.61 Å². The molecular weight excluding hydrogens is 382 g/mol. The highest BCUT2D eigenvalue weighted by Gasteiger charge is 2.51. The smallest absolute Gasteiger partial charge is 0.223 e. The van der Waals surface area contributed by atoms with Gasteiger partial charge < -0.3 is 33.8 Å². The second-order valence-corrected chi connectivity index (χ2v) is 6.81. The molecule has 0 spiro atoms. The lowest BCUT2D eigenvalue weighted by Gasteiger charge is -2.47. The number of nitrogens with one attached hydrogen (secondary N) is 1. The van der Waals surface area contributed by atoms with Crippen LogP contribution in [0.15, 0.2) is 47.1 Å². The van der Waals surface area contributed by atoms with Crippen LogP contribution >= 0.6 is 0 Å². The maximum absolute atomic E-state index is 11.7. The Morgan fingerprint density at radius 3 is 2.79 bits per heavy atom. The minimum absolute atomic E-state index is 0.120. The summed E-state index contributed by atoms with van der Waals surface area (Å²) in [6, 6.07) is 9.09. The van der Waals surface area contributed by atoms with Gasteiger partial charge in [0, 0.05) is 6.92 Å². The van der Waals surface area contributed by atoms with Crippen LogP contribution in [0.5, 0.6) is 5.75 Å². The van der Waals surface area contributed by atoms with Crippen molar-refractivity contribution in [3.05, 3.63) is 54.0 Å². The lowest BCUT2D eigenvalue weighted by atomic mass is 9.96. The van der Waals surface area contributed by atoms with E-state index in [9.17, 15) is 14.7 Å². The Balaban J connectivity index is 1.56. The fourth-order valence-electron chi connectivity index (χ4n) is 3.46. The van der Waals surface area contributed by atoms with E-state index in [-0.39, 0.29) is 18.3 Å². The Bertz CT molecular complexity index is 854. The van der Waals surface area contributed by atoms with E-state index in [1.807, 2.05) is 0 Å². The van der Waals surface area contributed by atoms with Gasteiger partial charge >= 0.3 is 0 Å². The molecule has 1 amide bonds. The van der Waals surface area contributed by atoms with Crippen molar-refractivity contribution in [1.29, 1.82) is 0 Å². The van der Waals surface area contributed by atoms with Crippen molar-refractivity contribution in [3.8, 4) is 5.75 Å². The fourth-order valence-corrected chi connectivity index (χ4v) is 3.46. The number of aldehydes is 1. The summed E-state index contributed by atoms with van der Waals surface area (Å²) < 4.78 is 28.6. The first-order valence-corrected chi connectivity index (χ1v) is 9.19. The fraction of sp³-hybridized carbons (Fsp3) is 0.400. The quantitative estimate of drug-likeness (QED) is 0.715. The molecule has 6 atom stereocenters. The van der Waals surface area contributed by atoms with Crippen molar-refractivity contribution in [1.82, 2.24) is 5.32 Å². The predicted octanol–water partition coefficient (Wildman–Crippen LogP) is 1.18. The van der Waals surface area contributed by atoms with E-state index in [2.05, 4.69) is 5.32 Å². The highest BCUT2D eigenvalue weighted by atomic mass is 16.8. The monoisotopic (exact) mass is 403 g/mol. The molecule has 3 heterocycles. The molecule has 4 rings (SSSR count). The number of aliphatic hydroxyl groups excluding tert-OH is 1. The predicted molar refractivity (Wildman–Crippen MR) is 97.0 cm³/mol. The van der Waals surface area contributed by atoms with Crippen LogP contribution in [-0.2, 0) is 19.0 Å². The zero-order valence-corrected chi connectivity index (χ0v) is 15.6. The number of aliphatic hydroxyl groups is 1. The van der Waals surface area contributed by atoms with Crippen LogP contribution in [0.25, 0.3) is 0 Å². The molecule has 0 radical (unpaired) electrons. The molecule has 9 nitrogen and oxygen atoms in total. The number of ether oxygens (including phenoxy) is 4. The number of para-hydroxylation sites is 1. The largest absolute Gasteiger partial charge is 0.464 e. The molecule has 2 aliphatic rings. The molecule has 2 fully saturated rings. The molecule has 0 bridgehead atoms. The Kier molecular flexibility index (Phi) is 5.63. The van der Waals surface area contributed by atoms with Crippen LogP contribution < -0.4 is 10.1 Å². The SMILES string of the molecule is CC(=O)NC1C(Oc2ccccc2C=O)OC2COC(c3ccco3)OC2C1O. The molecule has 2 N–H and O–H groups in total. The molecule has 6 unspecified atom stereocenters. The zero-order chi connectivity index (χ0) is 20.4. The average molecular weight is 403 g/mol. The number of amides is 1. The number of carbonyl (C=O) groups excluding carboxylic acids is 2. The van der Waals surface area contributed by atoms with Gasteiger partial charge in [-0.25, -0.2) is 0 Å². The molecule has 29 heavy (non-hydrogen) atoms. The van der Waals surface area contributed by atoms with Gasteiger partial charge in [-0.1, -0.05) is 12.1 Å². The van der Waals surface area contributed by atoms with Gasteiger partial charge in [-0.2, -0.15) is 0 Å². The second-order valence-electron chi connectivity index (χ2n) is 6.81. The summed E-state index contributed by atoms with van der Waals surface area (Å²) in [5.41, 5.74) is 0.323. The Morgan fingerprint density at radius 2 is 2.07 bits per heavy atom. The molecule has 2 aromatic rings. The summed E-state index contributed by atoms with van der Waals surface area (Å²) in [6.07, 6.45) is -2.26. The lowest BCUT2D eigenvalue weighted by molar-refractivity contribution is -0.336. The van der Waals surface area contributed by atoms with Crippen LogP contribution in [-0.4, -0.2) is 54.6 Å². The van der Waals surface area contributed by atoms with Crippen molar-refractivity contribution in [3.63, 3.8) is 0 Å². The van der Waals surface area contributed by atoms with Crippen LogP contribution in [0.4, 0.5) is 0 Å². The lowest BCUT2D eigenvalue weighted by Crippen LogP contribution is -2.67. The topological polar surface area (TPSA) is 116 Å². The normalized spacial score (nSPS) is 31.5. The first kappa shape index (κ1) is 19.6. The maximum Gasteiger partial charge on any atom is 0.223 e. The van der Waals surface area contributed by atoms with Crippen molar-refractivity contribution < 1.29 is 38.1 Å². The van der Waals surface area contributed by atoms with E-state index in [0.717, 1.165) is 0 Å². The molecule has 2 aliphatic heterocycles. The van der Waals surface area contributed by atoms with Gasteiger partial charge in [0.2, 0.25) is 18.5 Å². The van der Waals surface area contributed by atoms with Gasteiger partial charge in [0.05, 0.1) is 18.4 Å². The third kappa shape index (κ3) is 4.03. The number of rotatable bonds is 5. The van der Waals surface area contributed by atoms with Gasteiger partial charge in [0.15, 0.2) is 12.0 Å². The van der Waals surface area contributed by atoms with Crippen LogP contribution in [0.1, 0.15) is 29.3 Å². The molecule has 154 valence electrons. The maximum atomic E-state index is 11.7. The Labute approximate surface area is 166 Å². The summed E-state index contributed by atoms with van der Waals surface area (Å²) in [5, 5.41) is 13.6. The molecule has 2 saturated heterocycles. The highest BCUT2D eigenvalue weighted by Crippen LogP contribution is 2.35. The van der Waals surface area contributed by atoms with Gasteiger partial charge in [-0.05, 0) is 24.3 Å². The highest BCUT2D eigenvalue weighted by molar-refractivity contribution is 5.79. The third-order valence-corrected chi connectivity index (χ3v) is 4.80. The van der Waals surface area contributed by atoms with Crippen LogP contribution in [0.2, 0.25) is 0 Å². The molecule has 1 aromatic carbocycles. The molecule has 9 heteroatoms. The summed E-state index contributed by atoms with van der Waals surface area (Å²) in [4.78, 5) is 23.0.